The van der Waals surface area contributed by atoms with Gasteiger partial charge < -0.3 is 10.3 Å². The molecule has 0 radical (unpaired) electrons. The van der Waals surface area contributed by atoms with E-state index in [0.717, 1.165) is 17.1 Å². The van der Waals surface area contributed by atoms with Crippen molar-refractivity contribution >= 4 is 5.91 Å². The minimum Gasteiger partial charge on any atom is -0.368 e. The number of hydrogen-bond acceptors (Lipinski definition) is 3. The molecule has 0 spiro atoms. The number of aryl methyl sites for hydroxylation is 1. The number of hydrogen-bond donors (Lipinski definition) is 2. The van der Waals surface area contributed by atoms with E-state index in [2.05, 4.69) is 10.3 Å². The lowest BCUT2D eigenvalue weighted by Gasteiger charge is -2.18. The molecule has 5 nitrogen and oxygen atoms in total. The number of nitrogens with two attached hydrogens (primary N) is 1. The Hall–Kier alpha value is -2.14. The molecule has 2 aromatic rings. The van der Waals surface area contributed by atoms with Gasteiger partial charge in [0.1, 0.15) is 5.82 Å². The van der Waals surface area contributed by atoms with Gasteiger partial charge >= 0.3 is 0 Å². The third-order valence-electron chi connectivity index (χ3n) is 3.42. The van der Waals surface area contributed by atoms with Crippen molar-refractivity contribution in [3.63, 3.8) is 0 Å². The second-order valence-corrected chi connectivity index (χ2v) is 4.95. The van der Waals surface area contributed by atoms with E-state index in [9.17, 15) is 4.79 Å². The molecule has 3 N–H and O–H groups in total. The van der Waals surface area contributed by atoms with Crippen LogP contribution in [0.3, 0.4) is 0 Å². The highest BCUT2D eigenvalue weighted by Gasteiger charge is 2.13. The maximum absolute atomic E-state index is 11.1. The number of amides is 1. The van der Waals surface area contributed by atoms with Crippen molar-refractivity contribution in [2.24, 2.45) is 5.73 Å². The Morgan fingerprint density at radius 2 is 1.95 bits per heavy atom. The normalized spacial score (nSPS) is 13.9. The van der Waals surface area contributed by atoms with Crippen LogP contribution >= 0.6 is 0 Å². The lowest BCUT2D eigenvalue weighted by atomic mass is 10.1. The van der Waals surface area contributed by atoms with E-state index in [0.29, 0.717) is 0 Å². The van der Waals surface area contributed by atoms with Gasteiger partial charge in [0.25, 0.3) is 0 Å². The van der Waals surface area contributed by atoms with Gasteiger partial charge in [-0.1, -0.05) is 12.1 Å². The van der Waals surface area contributed by atoms with Crippen molar-refractivity contribution in [3.8, 4) is 5.69 Å². The van der Waals surface area contributed by atoms with E-state index in [1.807, 2.05) is 48.9 Å². The smallest absolute Gasteiger partial charge is 0.234 e. The number of primary amides is 1. The van der Waals surface area contributed by atoms with Crippen molar-refractivity contribution in [1.82, 2.24) is 14.9 Å². The molecule has 1 aromatic heterocycles. The van der Waals surface area contributed by atoms with Crippen LogP contribution in [0.1, 0.15) is 31.3 Å². The maximum Gasteiger partial charge on any atom is 0.234 e. The summed E-state index contributed by atoms with van der Waals surface area (Å²) in [5, 5.41) is 3.17. The summed E-state index contributed by atoms with van der Waals surface area (Å²) in [4.78, 5) is 15.3. The molecule has 2 rings (SSSR count). The Kier molecular flexibility index (Phi) is 4.20. The number of carbonyl (C=O) groups is 1. The van der Waals surface area contributed by atoms with E-state index in [1.54, 1.807) is 13.1 Å². The minimum atomic E-state index is -0.347. The lowest BCUT2D eigenvalue weighted by molar-refractivity contribution is -0.119. The average molecular weight is 272 g/mol. The molecule has 0 unspecified atom stereocenters. The monoisotopic (exact) mass is 272 g/mol. The van der Waals surface area contributed by atoms with E-state index < -0.39 is 0 Å². The molecule has 0 fully saturated rings. The number of rotatable bonds is 5. The Morgan fingerprint density at radius 3 is 2.45 bits per heavy atom. The van der Waals surface area contributed by atoms with Crippen LogP contribution in [0.15, 0.2) is 36.7 Å². The van der Waals surface area contributed by atoms with Crippen LogP contribution in [-0.2, 0) is 4.79 Å². The summed E-state index contributed by atoms with van der Waals surface area (Å²) in [6.45, 7) is 5.74. The summed E-state index contributed by atoms with van der Waals surface area (Å²) in [5.74, 6) is 0.605. The number of nitrogens with zero attached hydrogens (tertiary/aromatic N) is 2. The van der Waals surface area contributed by atoms with Crippen molar-refractivity contribution in [3.05, 3.63) is 48.0 Å². The largest absolute Gasteiger partial charge is 0.368 e. The first-order chi connectivity index (χ1) is 9.49. The highest BCUT2D eigenvalue weighted by atomic mass is 16.1. The first-order valence-corrected chi connectivity index (χ1v) is 6.64. The van der Waals surface area contributed by atoms with E-state index >= 15 is 0 Å². The predicted octanol–water partition coefficient (Wildman–Crippen LogP) is 1.71. The van der Waals surface area contributed by atoms with Gasteiger partial charge in [-0.05, 0) is 38.5 Å². The van der Waals surface area contributed by atoms with Crippen LogP contribution < -0.4 is 11.1 Å². The Bertz CT molecular complexity index is 588. The van der Waals surface area contributed by atoms with E-state index in [1.165, 1.54) is 0 Å². The van der Waals surface area contributed by atoms with E-state index in [4.69, 9.17) is 5.73 Å². The van der Waals surface area contributed by atoms with Gasteiger partial charge in [0, 0.05) is 24.1 Å². The van der Waals surface area contributed by atoms with Gasteiger partial charge in [-0.3, -0.25) is 10.1 Å². The van der Waals surface area contributed by atoms with Gasteiger partial charge in [0.15, 0.2) is 0 Å². The van der Waals surface area contributed by atoms with Crippen LogP contribution in [0.2, 0.25) is 0 Å². The van der Waals surface area contributed by atoms with Crippen molar-refractivity contribution in [2.75, 3.05) is 0 Å². The third kappa shape index (κ3) is 3.05. The first kappa shape index (κ1) is 14.3. The second kappa shape index (κ2) is 5.88. The summed E-state index contributed by atoms with van der Waals surface area (Å²) in [6, 6.07) is 7.88. The molecule has 0 aliphatic rings. The number of aromatic nitrogens is 2. The predicted molar refractivity (Wildman–Crippen MR) is 78.5 cm³/mol. The minimum absolute atomic E-state index is 0.0652. The summed E-state index contributed by atoms with van der Waals surface area (Å²) < 4.78 is 2.02. The molecular weight excluding hydrogens is 252 g/mol. The van der Waals surface area contributed by atoms with Gasteiger partial charge in [-0.15, -0.1) is 0 Å². The van der Waals surface area contributed by atoms with Gasteiger partial charge in [0.2, 0.25) is 5.91 Å². The molecule has 1 aromatic carbocycles. The van der Waals surface area contributed by atoms with Crippen LogP contribution in [-0.4, -0.2) is 21.5 Å². The molecule has 5 heteroatoms. The summed E-state index contributed by atoms with van der Waals surface area (Å²) in [7, 11) is 0. The number of imidazole rings is 1. The molecule has 0 aliphatic carbocycles. The van der Waals surface area contributed by atoms with Crippen molar-refractivity contribution in [2.45, 2.75) is 32.9 Å². The molecule has 2 atom stereocenters. The van der Waals surface area contributed by atoms with Crippen LogP contribution in [0.25, 0.3) is 5.69 Å². The van der Waals surface area contributed by atoms with E-state index in [-0.39, 0.29) is 18.0 Å². The molecule has 0 saturated carbocycles. The van der Waals surface area contributed by atoms with Gasteiger partial charge in [-0.25, -0.2) is 4.98 Å². The highest BCUT2D eigenvalue weighted by molar-refractivity contribution is 5.79. The summed E-state index contributed by atoms with van der Waals surface area (Å²) >= 11 is 0. The average Bonchev–Trinajstić information content (AvgIpc) is 2.85. The lowest BCUT2D eigenvalue weighted by Crippen LogP contribution is -2.39. The summed E-state index contributed by atoms with van der Waals surface area (Å²) in [6.07, 6.45) is 3.71. The molecule has 0 bridgehead atoms. The van der Waals surface area contributed by atoms with Crippen molar-refractivity contribution < 1.29 is 4.79 Å². The van der Waals surface area contributed by atoms with Crippen LogP contribution in [0.5, 0.6) is 0 Å². The fraction of sp³-hybridized carbons (Fsp3) is 0.333. The molecule has 0 saturated heterocycles. The first-order valence-electron chi connectivity index (χ1n) is 6.64. The second-order valence-electron chi connectivity index (χ2n) is 4.95. The maximum atomic E-state index is 11.1. The van der Waals surface area contributed by atoms with Crippen LogP contribution in [0, 0.1) is 6.92 Å². The molecule has 1 amide bonds. The quantitative estimate of drug-likeness (QED) is 0.870. The zero-order valence-corrected chi connectivity index (χ0v) is 12.0. The highest BCUT2D eigenvalue weighted by Crippen LogP contribution is 2.17. The molecule has 1 heterocycles. The fourth-order valence-corrected chi connectivity index (χ4v) is 2.13. The number of benzene rings is 1. The zero-order chi connectivity index (χ0) is 14.7. The SMILES string of the molecule is Cc1nccn1-c1ccc([C@@H](C)N[C@H](C)C(N)=O)cc1. The standard InChI is InChI=1S/C15H20N4O/c1-10(18-11(2)15(16)20)13-4-6-14(7-5-13)19-9-8-17-12(19)3/h4-11,18H,1-3H3,(H2,16,20)/t10-,11-/m1/s1. The van der Waals surface area contributed by atoms with Crippen molar-refractivity contribution in [1.29, 1.82) is 0 Å². The molecule has 0 aliphatic heterocycles. The Labute approximate surface area is 118 Å². The van der Waals surface area contributed by atoms with Crippen LogP contribution in [0.4, 0.5) is 0 Å². The topological polar surface area (TPSA) is 72.9 Å². The molecular formula is C15H20N4O. The molecule has 20 heavy (non-hydrogen) atoms. The zero-order valence-electron chi connectivity index (χ0n) is 12.0. The summed E-state index contributed by atoms with van der Waals surface area (Å²) in [5.41, 5.74) is 7.43. The fourth-order valence-electron chi connectivity index (χ4n) is 2.13. The Morgan fingerprint density at radius 1 is 1.30 bits per heavy atom. The Balaban J connectivity index is 2.12. The number of nitrogens with one attached hydrogen (secondary N) is 1. The van der Waals surface area contributed by atoms with Gasteiger partial charge in [0.05, 0.1) is 6.04 Å². The van der Waals surface area contributed by atoms with Gasteiger partial charge in [-0.2, -0.15) is 0 Å². The number of carbonyl (C=O) groups excluding carboxylic acids is 1. The third-order valence-corrected chi connectivity index (χ3v) is 3.42. The molecule has 106 valence electrons.